The average molecular weight is 435 g/mol. The van der Waals surface area contributed by atoms with Gasteiger partial charge in [-0.2, -0.15) is 0 Å². The minimum Gasteiger partial charge on any atom is -0.481 e. The Hall–Kier alpha value is -3.36. The van der Waals surface area contributed by atoms with Gasteiger partial charge in [-0.05, 0) is 36.4 Å². The van der Waals surface area contributed by atoms with Crippen LogP contribution in [0.25, 0.3) is 6.08 Å². The number of amides is 4. The van der Waals surface area contributed by atoms with E-state index >= 15 is 0 Å². The van der Waals surface area contributed by atoms with Crippen molar-refractivity contribution in [2.45, 2.75) is 0 Å². The monoisotopic (exact) mass is 434 g/mol. The summed E-state index contributed by atoms with van der Waals surface area (Å²) in [6, 6.07) is 9.46. The number of carbonyl (C=O) groups excluding carboxylic acids is 3. The highest BCUT2D eigenvalue weighted by atomic mass is 35.5. The fraction of sp³-hybridized carbons (Fsp3) is 0.0526. The van der Waals surface area contributed by atoms with Crippen LogP contribution in [-0.4, -0.2) is 35.5 Å². The predicted octanol–water partition coefficient (Wildman–Crippen LogP) is 3.12. The highest BCUT2D eigenvalue weighted by Crippen LogP contribution is 2.30. The van der Waals surface area contributed by atoms with Gasteiger partial charge in [-0.1, -0.05) is 35.3 Å². The lowest BCUT2D eigenvalue weighted by Gasteiger charge is -2.27. The third-order valence-electron chi connectivity index (χ3n) is 3.82. The van der Waals surface area contributed by atoms with E-state index in [2.05, 4.69) is 5.32 Å². The van der Waals surface area contributed by atoms with Gasteiger partial charge in [0, 0.05) is 10.6 Å². The number of benzene rings is 2. The number of anilines is 1. The van der Waals surface area contributed by atoms with Crippen molar-refractivity contribution in [3.05, 3.63) is 63.6 Å². The fourth-order valence-electron chi connectivity index (χ4n) is 2.57. The zero-order valence-corrected chi connectivity index (χ0v) is 16.0. The molecule has 29 heavy (non-hydrogen) atoms. The smallest absolute Gasteiger partial charge is 0.341 e. The molecule has 1 fully saturated rings. The number of barbiturate groups is 1. The molecule has 0 spiro atoms. The molecule has 0 atom stereocenters. The molecule has 1 aliphatic rings. The van der Waals surface area contributed by atoms with Crippen LogP contribution in [0, 0.1) is 0 Å². The normalized spacial score (nSPS) is 15.4. The number of carboxylic acid groups (broad SMARTS) is 1. The minimum absolute atomic E-state index is 0.0890. The number of urea groups is 1. The first-order valence-electron chi connectivity index (χ1n) is 8.08. The lowest BCUT2D eigenvalue weighted by atomic mass is 10.1. The lowest BCUT2D eigenvalue weighted by Crippen LogP contribution is -2.54. The number of hydrogen-bond acceptors (Lipinski definition) is 5. The maximum absolute atomic E-state index is 12.9. The van der Waals surface area contributed by atoms with Crippen molar-refractivity contribution in [1.82, 2.24) is 5.32 Å². The number of para-hydroxylation sites is 1. The van der Waals surface area contributed by atoms with E-state index in [-0.39, 0.29) is 32.6 Å². The first kappa shape index (κ1) is 20.4. The predicted molar refractivity (Wildman–Crippen MR) is 105 cm³/mol. The quantitative estimate of drug-likeness (QED) is 0.551. The second kappa shape index (κ2) is 8.34. The van der Waals surface area contributed by atoms with Crippen LogP contribution in [0.4, 0.5) is 10.5 Å². The van der Waals surface area contributed by atoms with E-state index in [1.54, 1.807) is 12.1 Å². The van der Waals surface area contributed by atoms with Crippen LogP contribution in [0.15, 0.2) is 48.0 Å². The molecule has 1 aliphatic heterocycles. The van der Waals surface area contributed by atoms with Crippen molar-refractivity contribution in [2.75, 3.05) is 11.5 Å². The summed E-state index contributed by atoms with van der Waals surface area (Å²) in [5.41, 5.74) is -0.0961. The average Bonchev–Trinajstić information content (AvgIpc) is 2.65. The van der Waals surface area contributed by atoms with Crippen LogP contribution in [0.3, 0.4) is 0 Å². The van der Waals surface area contributed by atoms with E-state index in [1.807, 2.05) is 0 Å². The highest BCUT2D eigenvalue weighted by molar-refractivity contribution is 6.42. The zero-order chi connectivity index (χ0) is 21.1. The number of nitrogens with one attached hydrogen (secondary N) is 1. The van der Waals surface area contributed by atoms with E-state index < -0.39 is 30.4 Å². The van der Waals surface area contributed by atoms with Crippen LogP contribution < -0.4 is 15.0 Å². The minimum atomic E-state index is -1.21. The molecule has 0 saturated carbocycles. The van der Waals surface area contributed by atoms with Gasteiger partial charge in [0.15, 0.2) is 6.61 Å². The molecular formula is C19H12Cl2N2O6. The lowest BCUT2D eigenvalue weighted by molar-refractivity contribution is -0.139. The Morgan fingerprint density at radius 2 is 1.86 bits per heavy atom. The van der Waals surface area contributed by atoms with Crippen molar-refractivity contribution in [1.29, 1.82) is 0 Å². The molecule has 2 N–H and O–H groups in total. The summed E-state index contributed by atoms with van der Waals surface area (Å²) < 4.78 is 5.17. The highest BCUT2D eigenvalue weighted by Gasteiger charge is 2.37. The number of imide groups is 2. The third kappa shape index (κ3) is 4.39. The summed E-state index contributed by atoms with van der Waals surface area (Å²) in [7, 11) is 0. The Labute approximate surface area is 174 Å². The topological polar surface area (TPSA) is 113 Å². The van der Waals surface area contributed by atoms with Crippen molar-refractivity contribution in [3.8, 4) is 5.75 Å². The number of rotatable bonds is 5. The van der Waals surface area contributed by atoms with Gasteiger partial charge in [0.05, 0.1) is 10.7 Å². The van der Waals surface area contributed by atoms with Crippen LogP contribution in [0.2, 0.25) is 10.0 Å². The first-order chi connectivity index (χ1) is 13.8. The summed E-state index contributed by atoms with van der Waals surface area (Å²) in [5.74, 6) is -2.95. The number of nitrogens with zero attached hydrogens (tertiary/aromatic N) is 1. The summed E-state index contributed by atoms with van der Waals surface area (Å²) in [6.07, 6.45) is 1.16. The van der Waals surface area contributed by atoms with Crippen LogP contribution in [0.1, 0.15) is 5.56 Å². The maximum Gasteiger partial charge on any atom is 0.341 e. The van der Waals surface area contributed by atoms with Gasteiger partial charge >= 0.3 is 12.0 Å². The molecule has 0 aromatic heterocycles. The number of aliphatic carboxylic acids is 1. The van der Waals surface area contributed by atoms with Gasteiger partial charge in [-0.25, -0.2) is 14.5 Å². The first-order valence-corrected chi connectivity index (χ1v) is 8.83. The van der Waals surface area contributed by atoms with Gasteiger partial charge in [0.1, 0.15) is 11.3 Å². The number of ether oxygens (including phenoxy) is 1. The maximum atomic E-state index is 12.9. The number of halogens is 2. The third-order valence-corrected chi connectivity index (χ3v) is 4.37. The van der Waals surface area contributed by atoms with Crippen molar-refractivity contribution in [2.24, 2.45) is 0 Å². The van der Waals surface area contributed by atoms with Crippen molar-refractivity contribution in [3.63, 3.8) is 0 Å². The largest absolute Gasteiger partial charge is 0.481 e. The number of carbonyl (C=O) groups is 4. The molecule has 3 rings (SSSR count). The molecule has 8 nitrogen and oxygen atoms in total. The summed E-state index contributed by atoms with van der Waals surface area (Å²) in [6.45, 7) is -0.637. The molecule has 4 amide bonds. The van der Waals surface area contributed by atoms with E-state index in [0.29, 0.717) is 0 Å². The molecule has 0 unspecified atom stereocenters. The molecule has 10 heteroatoms. The Morgan fingerprint density at radius 3 is 2.55 bits per heavy atom. The Bertz CT molecular complexity index is 1070. The van der Waals surface area contributed by atoms with E-state index in [9.17, 15) is 19.2 Å². The van der Waals surface area contributed by atoms with E-state index in [4.69, 9.17) is 33.0 Å². The summed E-state index contributed by atoms with van der Waals surface area (Å²) in [5, 5.41) is 11.3. The Balaban J connectivity index is 2.04. The second-order valence-corrected chi connectivity index (χ2v) is 6.62. The van der Waals surface area contributed by atoms with Crippen molar-refractivity contribution < 1.29 is 29.0 Å². The molecule has 2 aromatic rings. The summed E-state index contributed by atoms with van der Waals surface area (Å²) in [4.78, 5) is 49.0. The fourth-order valence-corrected chi connectivity index (χ4v) is 2.97. The van der Waals surface area contributed by atoms with Gasteiger partial charge in [-0.15, -0.1) is 0 Å². The molecule has 1 saturated heterocycles. The van der Waals surface area contributed by atoms with E-state index in [1.165, 1.54) is 30.3 Å². The van der Waals surface area contributed by atoms with Gasteiger partial charge < -0.3 is 9.84 Å². The van der Waals surface area contributed by atoms with Gasteiger partial charge in [0.25, 0.3) is 11.8 Å². The summed E-state index contributed by atoms with van der Waals surface area (Å²) >= 11 is 12.0. The molecule has 0 bridgehead atoms. The molecule has 1 heterocycles. The van der Waals surface area contributed by atoms with Gasteiger partial charge in [-0.3, -0.25) is 14.9 Å². The number of hydrogen-bond donors (Lipinski definition) is 2. The van der Waals surface area contributed by atoms with Crippen LogP contribution in [0.5, 0.6) is 5.75 Å². The molecule has 2 aromatic carbocycles. The zero-order valence-electron chi connectivity index (χ0n) is 14.5. The standard InChI is InChI=1S/C19H12Cl2N2O6/c20-11-5-6-15(29-9-16(24)25)10(7-11)8-12-17(26)22-19(28)23(18(12)27)14-4-2-1-3-13(14)21/h1-8H,9H2,(H,24,25)(H,22,26,28)/b12-8+. The number of carboxylic acids is 1. The van der Waals surface area contributed by atoms with E-state index in [0.717, 1.165) is 11.0 Å². The SMILES string of the molecule is O=C(O)COc1ccc(Cl)cc1/C=C1\C(=O)NC(=O)N(c2ccccc2Cl)C1=O. The second-order valence-electron chi connectivity index (χ2n) is 5.77. The van der Waals surface area contributed by atoms with Gasteiger partial charge in [0.2, 0.25) is 0 Å². The molecule has 0 aliphatic carbocycles. The van der Waals surface area contributed by atoms with Crippen molar-refractivity contribution >= 4 is 58.8 Å². The molecule has 0 radical (unpaired) electrons. The Morgan fingerprint density at radius 1 is 1.14 bits per heavy atom. The molecular weight excluding hydrogens is 423 g/mol. The molecule has 148 valence electrons. The Kier molecular flexibility index (Phi) is 5.86. The van der Waals surface area contributed by atoms with Crippen LogP contribution in [-0.2, 0) is 14.4 Å². The van der Waals surface area contributed by atoms with Crippen LogP contribution >= 0.6 is 23.2 Å².